The fourth-order valence-electron chi connectivity index (χ4n) is 2.67. The van der Waals surface area contributed by atoms with Crippen LogP contribution in [-0.4, -0.2) is 21.7 Å². The maximum Gasteiger partial charge on any atom is 0.268 e. The molecule has 2 heterocycles. The van der Waals surface area contributed by atoms with Gasteiger partial charge in [0, 0.05) is 22.1 Å². The van der Waals surface area contributed by atoms with Gasteiger partial charge < -0.3 is 10.3 Å². The second kappa shape index (κ2) is 6.51. The summed E-state index contributed by atoms with van der Waals surface area (Å²) in [5.41, 5.74) is 3.46. The molecule has 1 atom stereocenters. The van der Waals surface area contributed by atoms with Crippen LogP contribution >= 0.6 is 11.3 Å². The highest BCUT2D eigenvalue weighted by atomic mass is 32.1. The number of aryl methyl sites for hydroxylation is 1. The average Bonchev–Trinajstić information content (AvgIpc) is 3.03. The fourth-order valence-corrected chi connectivity index (χ4v) is 3.72. The first kappa shape index (κ1) is 18.4. The van der Waals surface area contributed by atoms with E-state index in [1.54, 1.807) is 25.2 Å². The summed E-state index contributed by atoms with van der Waals surface area (Å²) in [6.45, 7) is 13.4. The van der Waals surface area contributed by atoms with Gasteiger partial charge in [-0.2, -0.15) is 0 Å². The molecule has 0 saturated heterocycles. The highest BCUT2D eigenvalue weighted by molar-refractivity contribution is 7.09. The monoisotopic (exact) mass is 347 g/mol. The van der Waals surface area contributed by atoms with Gasteiger partial charge >= 0.3 is 0 Å². The maximum atomic E-state index is 12.6. The minimum absolute atomic E-state index is 0.0119. The molecule has 0 aliphatic heterocycles. The maximum absolute atomic E-state index is 12.6. The number of thiazole rings is 1. The van der Waals surface area contributed by atoms with Crippen molar-refractivity contribution in [3.63, 3.8) is 0 Å². The number of aromatic amines is 1. The quantitative estimate of drug-likeness (QED) is 0.818. The molecule has 24 heavy (non-hydrogen) atoms. The van der Waals surface area contributed by atoms with Crippen LogP contribution in [0.25, 0.3) is 0 Å². The average molecular weight is 347 g/mol. The Hall–Kier alpha value is -1.95. The summed E-state index contributed by atoms with van der Waals surface area (Å²) in [6.07, 6.45) is 0. The molecule has 0 aliphatic carbocycles. The van der Waals surface area contributed by atoms with Crippen molar-refractivity contribution in [3.8, 4) is 0 Å². The summed E-state index contributed by atoms with van der Waals surface area (Å²) in [4.78, 5) is 31.9. The third-order valence-electron chi connectivity index (χ3n) is 4.03. The van der Waals surface area contributed by atoms with E-state index in [1.807, 2.05) is 12.3 Å². The van der Waals surface area contributed by atoms with E-state index >= 15 is 0 Å². The first-order chi connectivity index (χ1) is 11.0. The van der Waals surface area contributed by atoms with Gasteiger partial charge in [-0.3, -0.25) is 9.59 Å². The van der Waals surface area contributed by atoms with Crippen molar-refractivity contribution in [1.82, 2.24) is 15.3 Å². The second-order valence-electron chi connectivity index (χ2n) is 7.20. The van der Waals surface area contributed by atoms with Gasteiger partial charge in [0.2, 0.25) is 0 Å². The van der Waals surface area contributed by atoms with Crippen LogP contribution in [0.4, 0.5) is 0 Å². The second-order valence-corrected chi connectivity index (χ2v) is 8.09. The molecular formula is C18H25N3O2S. The number of hydrogen-bond acceptors (Lipinski definition) is 4. The van der Waals surface area contributed by atoms with Crippen LogP contribution in [0.3, 0.4) is 0 Å². The van der Waals surface area contributed by atoms with Crippen molar-refractivity contribution < 1.29 is 9.59 Å². The summed E-state index contributed by atoms with van der Waals surface area (Å²) in [7, 11) is 0. The summed E-state index contributed by atoms with van der Waals surface area (Å²) in [5.74, 6) is -0.258. The lowest BCUT2D eigenvalue weighted by molar-refractivity contribution is 0.0934. The Bertz CT molecular complexity index is 781. The molecule has 0 spiro atoms. The summed E-state index contributed by atoms with van der Waals surface area (Å²) in [6, 6.07) is -0.192. The number of amides is 1. The zero-order valence-electron chi connectivity index (χ0n) is 15.3. The van der Waals surface area contributed by atoms with Crippen LogP contribution < -0.4 is 5.32 Å². The molecule has 2 aromatic rings. The number of aromatic nitrogens is 2. The molecule has 0 aliphatic rings. The molecule has 6 heteroatoms. The zero-order chi connectivity index (χ0) is 18.2. The van der Waals surface area contributed by atoms with E-state index in [2.05, 4.69) is 36.1 Å². The number of nitrogens with one attached hydrogen (secondary N) is 2. The van der Waals surface area contributed by atoms with Crippen molar-refractivity contribution in [2.45, 2.75) is 59.9 Å². The SMILES string of the molecule is CC(=O)c1c(C)[nH]c(C(=O)N[C@H](C)c2nc(C(C)(C)C)cs2)c1C. The Labute approximate surface area is 146 Å². The zero-order valence-corrected chi connectivity index (χ0v) is 16.1. The van der Waals surface area contributed by atoms with E-state index < -0.39 is 0 Å². The predicted molar refractivity (Wildman–Crippen MR) is 97.0 cm³/mol. The normalized spacial score (nSPS) is 13.0. The van der Waals surface area contributed by atoms with Gasteiger partial charge in [-0.15, -0.1) is 11.3 Å². The molecule has 0 fully saturated rings. The molecule has 0 unspecified atom stereocenters. The largest absolute Gasteiger partial charge is 0.354 e. The van der Waals surface area contributed by atoms with Gasteiger partial charge in [0.1, 0.15) is 10.7 Å². The lowest BCUT2D eigenvalue weighted by Crippen LogP contribution is -2.27. The number of carbonyl (C=O) groups excluding carboxylic acids is 2. The van der Waals surface area contributed by atoms with E-state index in [-0.39, 0.29) is 23.1 Å². The first-order valence-corrected chi connectivity index (χ1v) is 8.87. The Morgan fingerprint density at radius 2 is 1.92 bits per heavy atom. The molecule has 0 radical (unpaired) electrons. The summed E-state index contributed by atoms with van der Waals surface area (Å²) < 4.78 is 0. The molecule has 2 N–H and O–H groups in total. The fraction of sp³-hybridized carbons (Fsp3) is 0.500. The van der Waals surface area contributed by atoms with Crippen molar-refractivity contribution in [3.05, 3.63) is 38.6 Å². The Kier molecular flexibility index (Phi) is 4.99. The van der Waals surface area contributed by atoms with Gasteiger partial charge in [-0.05, 0) is 33.3 Å². The molecule has 0 bridgehead atoms. The minimum atomic E-state index is -0.219. The predicted octanol–water partition coefficient (Wildman–Crippen LogP) is 4.08. The van der Waals surface area contributed by atoms with Crippen molar-refractivity contribution in [1.29, 1.82) is 0 Å². The van der Waals surface area contributed by atoms with Gasteiger partial charge in [-0.1, -0.05) is 20.8 Å². The number of rotatable bonds is 4. The first-order valence-electron chi connectivity index (χ1n) is 7.99. The summed E-state index contributed by atoms with van der Waals surface area (Å²) >= 11 is 1.55. The van der Waals surface area contributed by atoms with E-state index in [9.17, 15) is 9.59 Å². The number of hydrogen-bond donors (Lipinski definition) is 2. The van der Waals surface area contributed by atoms with Crippen LogP contribution in [0.5, 0.6) is 0 Å². The molecule has 2 aromatic heterocycles. The third kappa shape index (κ3) is 3.59. The van der Waals surface area contributed by atoms with E-state index in [0.717, 1.165) is 16.4 Å². The molecule has 2 rings (SSSR count). The molecule has 5 nitrogen and oxygen atoms in total. The third-order valence-corrected chi connectivity index (χ3v) is 5.05. The molecule has 0 saturated carbocycles. The van der Waals surface area contributed by atoms with Crippen LogP contribution in [0.15, 0.2) is 5.38 Å². The van der Waals surface area contributed by atoms with Crippen molar-refractivity contribution >= 4 is 23.0 Å². The van der Waals surface area contributed by atoms with Gasteiger partial charge in [0.15, 0.2) is 5.78 Å². The molecule has 1 amide bonds. The minimum Gasteiger partial charge on any atom is -0.354 e. The van der Waals surface area contributed by atoms with E-state index in [4.69, 9.17) is 0 Å². The van der Waals surface area contributed by atoms with Crippen LogP contribution in [0.1, 0.15) is 83.5 Å². The van der Waals surface area contributed by atoms with Gasteiger partial charge in [0.25, 0.3) is 5.91 Å². The Morgan fingerprint density at radius 1 is 1.29 bits per heavy atom. The summed E-state index contributed by atoms with van der Waals surface area (Å²) in [5, 5.41) is 5.88. The molecular weight excluding hydrogens is 322 g/mol. The number of Topliss-reactive ketones (excluding diaryl/α,β-unsaturated/α-hetero) is 1. The Balaban J connectivity index is 2.19. The number of H-pyrrole nitrogens is 1. The number of nitrogens with zero attached hydrogens (tertiary/aromatic N) is 1. The van der Waals surface area contributed by atoms with Crippen LogP contribution in [0, 0.1) is 13.8 Å². The highest BCUT2D eigenvalue weighted by Crippen LogP contribution is 2.27. The molecule has 130 valence electrons. The smallest absolute Gasteiger partial charge is 0.268 e. The lowest BCUT2D eigenvalue weighted by Gasteiger charge is -2.15. The standard InChI is InChI=1S/C18H25N3O2S/c1-9-14(12(4)22)10(2)19-15(9)16(23)20-11(3)17-21-13(8-24-17)18(5,6)7/h8,11,19H,1-7H3,(H,20,23)/t11-/m1/s1. The number of ketones is 1. The number of carbonyl (C=O) groups is 2. The van der Waals surface area contributed by atoms with Crippen molar-refractivity contribution in [2.75, 3.05) is 0 Å². The molecule has 0 aromatic carbocycles. The lowest BCUT2D eigenvalue weighted by atomic mass is 9.93. The Morgan fingerprint density at radius 3 is 2.38 bits per heavy atom. The van der Waals surface area contributed by atoms with E-state index in [0.29, 0.717) is 16.8 Å². The van der Waals surface area contributed by atoms with Crippen LogP contribution in [0.2, 0.25) is 0 Å². The van der Waals surface area contributed by atoms with Crippen molar-refractivity contribution in [2.24, 2.45) is 0 Å². The topological polar surface area (TPSA) is 74.8 Å². The van der Waals surface area contributed by atoms with Gasteiger partial charge in [-0.25, -0.2) is 4.98 Å². The van der Waals surface area contributed by atoms with Crippen LogP contribution in [-0.2, 0) is 5.41 Å². The van der Waals surface area contributed by atoms with Gasteiger partial charge in [0.05, 0.1) is 11.7 Å². The van der Waals surface area contributed by atoms with E-state index in [1.165, 1.54) is 6.92 Å². The highest BCUT2D eigenvalue weighted by Gasteiger charge is 2.23.